The first-order valence-electron chi connectivity index (χ1n) is 2.30. The summed E-state index contributed by atoms with van der Waals surface area (Å²) in [6, 6.07) is -1.79. The molecular weight excluding hydrogens is 138 g/mol. The molecule has 0 unspecified atom stereocenters. The van der Waals surface area contributed by atoms with Crippen molar-refractivity contribution in [2.24, 2.45) is 5.73 Å². The van der Waals surface area contributed by atoms with E-state index in [1.54, 1.807) is 0 Å². The zero-order valence-electron chi connectivity index (χ0n) is 4.74. The highest BCUT2D eigenvalue weighted by atomic mass is 19.3. The highest BCUT2D eigenvalue weighted by Gasteiger charge is 2.44. The monoisotopic (exact) mass is 145 g/mol. The molecule has 0 aliphatic carbocycles. The summed E-state index contributed by atoms with van der Waals surface area (Å²) in [6.07, 6.45) is -3.67. The zero-order chi connectivity index (χ0) is 7.65. The predicted molar refractivity (Wildman–Crippen MR) is 24.6 cm³/mol. The van der Waals surface area contributed by atoms with E-state index in [1.165, 1.54) is 0 Å². The Balaban J connectivity index is 4.01. The molecule has 0 aromatic heterocycles. The number of alkyl halides is 4. The molecule has 0 saturated carbocycles. The molecule has 56 valence electrons. The van der Waals surface area contributed by atoms with Crippen molar-refractivity contribution in [1.29, 1.82) is 0 Å². The molecule has 0 fully saturated rings. The molecule has 1 nitrogen and oxygen atoms in total. The molecular formula is C4H7F4N. The van der Waals surface area contributed by atoms with E-state index in [2.05, 4.69) is 5.73 Å². The third kappa shape index (κ3) is 1.82. The highest BCUT2D eigenvalue weighted by molar-refractivity contribution is 4.78. The third-order valence-electron chi connectivity index (χ3n) is 0.898. The second-order valence-electron chi connectivity index (χ2n) is 1.76. The van der Waals surface area contributed by atoms with Gasteiger partial charge in [-0.3, -0.25) is 0 Å². The summed E-state index contributed by atoms with van der Waals surface area (Å²) >= 11 is 0. The number of nitrogens with two attached hydrogens (primary N) is 1. The minimum absolute atomic E-state index is 0.839. The molecule has 0 aliphatic heterocycles. The Labute approximate surface area is 49.8 Å². The van der Waals surface area contributed by atoms with Crippen molar-refractivity contribution in [2.75, 3.05) is 0 Å². The van der Waals surface area contributed by atoms with E-state index in [0.717, 1.165) is 6.92 Å². The number of rotatable bonds is 2. The smallest absolute Gasteiger partial charge is 0.321 e. The van der Waals surface area contributed by atoms with Crippen molar-refractivity contribution in [3.05, 3.63) is 0 Å². The third-order valence-corrected chi connectivity index (χ3v) is 0.898. The Morgan fingerprint density at radius 1 is 1.33 bits per heavy atom. The lowest BCUT2D eigenvalue weighted by molar-refractivity contribution is -0.139. The lowest BCUT2D eigenvalue weighted by atomic mass is 10.2. The van der Waals surface area contributed by atoms with Gasteiger partial charge in [0.05, 0.1) is 6.04 Å². The van der Waals surface area contributed by atoms with E-state index < -0.39 is 18.4 Å². The van der Waals surface area contributed by atoms with Gasteiger partial charge in [0.25, 0.3) is 0 Å². The highest BCUT2D eigenvalue weighted by Crippen LogP contribution is 2.24. The summed E-state index contributed by atoms with van der Waals surface area (Å²) in [6.45, 7) is 0.839. The fraction of sp³-hybridized carbons (Fsp3) is 1.00. The Morgan fingerprint density at radius 3 is 1.67 bits per heavy atom. The number of halogens is 4. The minimum Gasteiger partial charge on any atom is -0.323 e. The van der Waals surface area contributed by atoms with Gasteiger partial charge >= 0.3 is 12.3 Å². The van der Waals surface area contributed by atoms with Gasteiger partial charge < -0.3 is 5.73 Å². The molecule has 1 atom stereocenters. The van der Waals surface area contributed by atoms with Gasteiger partial charge in [-0.15, -0.1) is 0 Å². The van der Waals surface area contributed by atoms with Crippen LogP contribution in [0.15, 0.2) is 0 Å². The molecule has 0 radical (unpaired) electrons. The van der Waals surface area contributed by atoms with Crippen molar-refractivity contribution < 1.29 is 17.6 Å². The maximum Gasteiger partial charge on any atom is 0.321 e. The lowest BCUT2D eigenvalue weighted by Crippen LogP contribution is -2.44. The molecule has 0 aliphatic rings. The standard InChI is InChI=1S/C4H7F4N/c1-2(9)4(7,8)3(5)6/h2-3H,9H2,1H3/t2-/m1/s1. The van der Waals surface area contributed by atoms with Crippen LogP contribution < -0.4 is 5.73 Å². The molecule has 9 heavy (non-hydrogen) atoms. The van der Waals surface area contributed by atoms with Crippen LogP contribution in [0.3, 0.4) is 0 Å². The van der Waals surface area contributed by atoms with Crippen LogP contribution in [-0.4, -0.2) is 18.4 Å². The fourth-order valence-corrected chi connectivity index (χ4v) is 0.199. The SMILES string of the molecule is C[C@@H](N)C(F)(F)C(F)F. The maximum absolute atomic E-state index is 11.8. The first-order chi connectivity index (χ1) is 3.89. The van der Waals surface area contributed by atoms with Crippen LogP contribution in [0.2, 0.25) is 0 Å². The van der Waals surface area contributed by atoms with Gasteiger partial charge in [0.1, 0.15) is 0 Å². The lowest BCUT2D eigenvalue weighted by Gasteiger charge is -2.18. The van der Waals surface area contributed by atoms with Gasteiger partial charge in [0, 0.05) is 0 Å². The first-order valence-corrected chi connectivity index (χ1v) is 2.30. The predicted octanol–water partition coefficient (Wildman–Crippen LogP) is 1.23. The van der Waals surface area contributed by atoms with Gasteiger partial charge in [0.2, 0.25) is 0 Å². The van der Waals surface area contributed by atoms with Crippen LogP contribution in [0, 0.1) is 0 Å². The molecule has 5 heteroatoms. The van der Waals surface area contributed by atoms with Crippen molar-refractivity contribution in [1.82, 2.24) is 0 Å². The van der Waals surface area contributed by atoms with Crippen LogP contribution in [-0.2, 0) is 0 Å². The van der Waals surface area contributed by atoms with E-state index >= 15 is 0 Å². The van der Waals surface area contributed by atoms with E-state index in [1.807, 2.05) is 0 Å². The van der Waals surface area contributed by atoms with Gasteiger partial charge in [-0.25, -0.2) is 8.78 Å². The van der Waals surface area contributed by atoms with Gasteiger partial charge in [-0.05, 0) is 6.92 Å². The van der Waals surface area contributed by atoms with Crippen molar-refractivity contribution in [3.63, 3.8) is 0 Å². The van der Waals surface area contributed by atoms with E-state index in [0.29, 0.717) is 0 Å². The molecule has 2 N–H and O–H groups in total. The normalized spacial score (nSPS) is 16.3. The molecule has 0 bridgehead atoms. The Morgan fingerprint density at radius 2 is 1.67 bits per heavy atom. The molecule has 0 amide bonds. The van der Waals surface area contributed by atoms with Crippen molar-refractivity contribution in [3.8, 4) is 0 Å². The second-order valence-corrected chi connectivity index (χ2v) is 1.76. The molecule has 0 saturated heterocycles. The molecule has 0 heterocycles. The number of hydrogen-bond acceptors (Lipinski definition) is 1. The Bertz CT molecular complexity index is 80.6. The van der Waals surface area contributed by atoms with Gasteiger partial charge in [0.15, 0.2) is 0 Å². The quantitative estimate of drug-likeness (QED) is 0.581. The van der Waals surface area contributed by atoms with Crippen molar-refractivity contribution in [2.45, 2.75) is 25.3 Å². The zero-order valence-corrected chi connectivity index (χ0v) is 4.74. The fourth-order valence-electron chi connectivity index (χ4n) is 0.199. The topological polar surface area (TPSA) is 26.0 Å². The Hall–Kier alpha value is -0.320. The van der Waals surface area contributed by atoms with Crippen LogP contribution >= 0.6 is 0 Å². The Kier molecular flexibility index (Phi) is 2.42. The molecule has 0 aromatic rings. The average molecular weight is 145 g/mol. The average Bonchev–Trinajstić information content (AvgIpc) is 1.65. The van der Waals surface area contributed by atoms with Crippen LogP contribution in [0.25, 0.3) is 0 Å². The maximum atomic E-state index is 11.8. The summed E-state index contributed by atoms with van der Waals surface area (Å²) in [5.74, 6) is -4.06. The molecule has 0 aromatic carbocycles. The number of hydrogen-bond donors (Lipinski definition) is 1. The summed E-state index contributed by atoms with van der Waals surface area (Å²) in [4.78, 5) is 0. The first kappa shape index (κ1) is 8.68. The summed E-state index contributed by atoms with van der Waals surface area (Å²) < 4.78 is 46.1. The van der Waals surface area contributed by atoms with Crippen LogP contribution in [0.1, 0.15) is 6.92 Å². The minimum atomic E-state index is -4.06. The summed E-state index contributed by atoms with van der Waals surface area (Å²) in [5.41, 5.74) is 4.54. The summed E-state index contributed by atoms with van der Waals surface area (Å²) in [5, 5.41) is 0. The van der Waals surface area contributed by atoms with E-state index in [9.17, 15) is 17.6 Å². The second kappa shape index (κ2) is 2.51. The van der Waals surface area contributed by atoms with Crippen molar-refractivity contribution >= 4 is 0 Å². The van der Waals surface area contributed by atoms with Gasteiger partial charge in [-0.1, -0.05) is 0 Å². The largest absolute Gasteiger partial charge is 0.323 e. The summed E-state index contributed by atoms with van der Waals surface area (Å²) in [7, 11) is 0. The van der Waals surface area contributed by atoms with Crippen LogP contribution in [0.5, 0.6) is 0 Å². The van der Waals surface area contributed by atoms with Crippen LogP contribution in [0.4, 0.5) is 17.6 Å². The van der Waals surface area contributed by atoms with E-state index in [4.69, 9.17) is 0 Å². The van der Waals surface area contributed by atoms with E-state index in [-0.39, 0.29) is 0 Å². The molecule has 0 spiro atoms. The van der Waals surface area contributed by atoms with Gasteiger partial charge in [-0.2, -0.15) is 8.78 Å². The molecule has 0 rings (SSSR count).